The first kappa shape index (κ1) is 10.6. The number of hydrogen-bond donors (Lipinski definition) is 2. The second kappa shape index (κ2) is 3.76. The van der Waals surface area contributed by atoms with Crippen LogP contribution in [-0.2, 0) is 4.74 Å². The summed E-state index contributed by atoms with van der Waals surface area (Å²) in [7, 11) is 0. The standard InChI is InChI=1S/C12H12N4O2/c1-2-18-12(17)16-9-4-3-8-11(15-6-14-8)7(9)5-10(16)13/h3-6H,2,13H2,1H3,(H,14,15). The Bertz CT molecular complexity index is 741. The Morgan fingerprint density at radius 3 is 3.17 bits per heavy atom. The van der Waals surface area contributed by atoms with Gasteiger partial charge in [0.05, 0.1) is 29.5 Å². The maximum atomic E-state index is 11.8. The Balaban J connectivity index is 2.32. The molecule has 0 radical (unpaired) electrons. The zero-order valence-electron chi connectivity index (χ0n) is 9.80. The van der Waals surface area contributed by atoms with Crippen LogP contribution in [0.15, 0.2) is 24.5 Å². The predicted octanol–water partition coefficient (Wildman–Crippen LogP) is 2.10. The highest BCUT2D eigenvalue weighted by Crippen LogP contribution is 2.27. The van der Waals surface area contributed by atoms with Crippen LogP contribution in [0.4, 0.5) is 10.6 Å². The Labute approximate surface area is 102 Å². The number of nitrogens with zero attached hydrogens (tertiary/aromatic N) is 2. The monoisotopic (exact) mass is 244 g/mol. The van der Waals surface area contributed by atoms with Crippen LogP contribution in [0.5, 0.6) is 0 Å². The molecule has 1 aromatic carbocycles. The van der Waals surface area contributed by atoms with Crippen molar-refractivity contribution in [3.05, 3.63) is 24.5 Å². The lowest BCUT2D eigenvalue weighted by Crippen LogP contribution is -2.15. The fourth-order valence-electron chi connectivity index (χ4n) is 2.10. The largest absolute Gasteiger partial charge is 0.449 e. The highest BCUT2D eigenvalue weighted by molar-refractivity contribution is 6.07. The highest BCUT2D eigenvalue weighted by atomic mass is 16.5. The molecule has 3 N–H and O–H groups in total. The van der Waals surface area contributed by atoms with Gasteiger partial charge in [-0.15, -0.1) is 0 Å². The summed E-state index contributed by atoms with van der Waals surface area (Å²) in [6, 6.07) is 5.42. The Morgan fingerprint density at radius 2 is 2.39 bits per heavy atom. The topological polar surface area (TPSA) is 85.9 Å². The summed E-state index contributed by atoms with van der Waals surface area (Å²) in [6.07, 6.45) is 1.14. The molecule has 0 aliphatic carbocycles. The van der Waals surface area contributed by atoms with E-state index in [0.717, 1.165) is 16.4 Å². The first-order valence-electron chi connectivity index (χ1n) is 5.62. The molecule has 0 aliphatic heterocycles. The number of anilines is 1. The van der Waals surface area contributed by atoms with Gasteiger partial charge < -0.3 is 15.5 Å². The molecule has 6 nitrogen and oxygen atoms in total. The molecule has 2 heterocycles. The lowest BCUT2D eigenvalue weighted by Gasteiger charge is -2.05. The molecule has 0 amide bonds. The SMILES string of the molecule is CCOC(=O)n1c(N)cc2c3nc[nH]c3ccc21. The average Bonchev–Trinajstić information content (AvgIpc) is 2.91. The van der Waals surface area contributed by atoms with Crippen LogP contribution in [0.3, 0.4) is 0 Å². The number of carbonyl (C=O) groups is 1. The number of rotatable bonds is 1. The minimum atomic E-state index is -0.472. The summed E-state index contributed by atoms with van der Waals surface area (Å²) in [5, 5.41) is 0.833. The number of hydrogen-bond acceptors (Lipinski definition) is 4. The van der Waals surface area contributed by atoms with Crippen molar-refractivity contribution in [1.29, 1.82) is 0 Å². The predicted molar refractivity (Wildman–Crippen MR) is 68.4 cm³/mol. The van der Waals surface area contributed by atoms with E-state index in [4.69, 9.17) is 10.5 Å². The molecule has 0 atom stereocenters. The van der Waals surface area contributed by atoms with E-state index in [1.165, 1.54) is 4.57 Å². The first-order valence-corrected chi connectivity index (χ1v) is 5.62. The van der Waals surface area contributed by atoms with E-state index in [-0.39, 0.29) is 0 Å². The number of ether oxygens (including phenoxy) is 1. The second-order valence-electron chi connectivity index (χ2n) is 3.90. The van der Waals surface area contributed by atoms with Gasteiger partial charge in [-0.25, -0.2) is 14.3 Å². The quantitative estimate of drug-likeness (QED) is 0.686. The lowest BCUT2D eigenvalue weighted by molar-refractivity contribution is 0.155. The molecular formula is C12H12N4O2. The van der Waals surface area contributed by atoms with Gasteiger partial charge in [-0.3, -0.25) is 0 Å². The first-order chi connectivity index (χ1) is 8.72. The third-order valence-electron chi connectivity index (χ3n) is 2.85. The number of aromatic amines is 1. The number of H-pyrrole nitrogens is 1. The van der Waals surface area contributed by atoms with Gasteiger partial charge in [0.2, 0.25) is 0 Å². The van der Waals surface area contributed by atoms with Crippen molar-refractivity contribution >= 4 is 33.8 Å². The van der Waals surface area contributed by atoms with Crippen LogP contribution >= 0.6 is 0 Å². The molecule has 3 aromatic rings. The number of nitrogen functional groups attached to an aromatic ring is 1. The molecule has 0 bridgehead atoms. The van der Waals surface area contributed by atoms with Crippen molar-refractivity contribution in [3.8, 4) is 0 Å². The highest BCUT2D eigenvalue weighted by Gasteiger charge is 2.16. The van der Waals surface area contributed by atoms with Crippen LogP contribution in [0.2, 0.25) is 0 Å². The molecule has 0 spiro atoms. The zero-order chi connectivity index (χ0) is 12.7. The molecular weight excluding hydrogens is 232 g/mol. The number of carbonyl (C=O) groups excluding carboxylic acids is 1. The molecule has 18 heavy (non-hydrogen) atoms. The van der Waals surface area contributed by atoms with E-state index in [1.54, 1.807) is 19.3 Å². The molecule has 92 valence electrons. The van der Waals surface area contributed by atoms with Crippen molar-refractivity contribution in [2.45, 2.75) is 6.92 Å². The molecule has 6 heteroatoms. The van der Waals surface area contributed by atoms with E-state index in [0.29, 0.717) is 17.9 Å². The second-order valence-corrected chi connectivity index (χ2v) is 3.90. The summed E-state index contributed by atoms with van der Waals surface area (Å²) in [6.45, 7) is 2.06. The van der Waals surface area contributed by atoms with Gasteiger partial charge >= 0.3 is 6.09 Å². The fraction of sp³-hybridized carbons (Fsp3) is 0.167. The van der Waals surface area contributed by atoms with Crippen molar-refractivity contribution in [2.75, 3.05) is 12.3 Å². The molecule has 0 fully saturated rings. The molecule has 0 aliphatic rings. The molecule has 0 saturated heterocycles. The smallest absolute Gasteiger partial charge is 0.420 e. The third kappa shape index (κ3) is 1.35. The average molecular weight is 244 g/mol. The summed E-state index contributed by atoms with van der Waals surface area (Å²) in [4.78, 5) is 19.1. The number of nitrogens with two attached hydrogens (primary N) is 1. The molecule has 0 unspecified atom stereocenters. The van der Waals surface area contributed by atoms with E-state index in [1.807, 2.05) is 12.1 Å². The van der Waals surface area contributed by atoms with Gasteiger partial charge in [0.1, 0.15) is 5.82 Å². The Hall–Kier alpha value is -2.50. The molecule has 3 rings (SSSR count). The van der Waals surface area contributed by atoms with Gasteiger partial charge in [-0.05, 0) is 25.1 Å². The Morgan fingerprint density at radius 1 is 1.56 bits per heavy atom. The zero-order valence-corrected chi connectivity index (χ0v) is 9.80. The van der Waals surface area contributed by atoms with Crippen LogP contribution in [-0.4, -0.2) is 27.2 Å². The minimum absolute atomic E-state index is 0.308. The number of aromatic nitrogens is 3. The van der Waals surface area contributed by atoms with Crippen molar-refractivity contribution in [2.24, 2.45) is 0 Å². The fourth-order valence-corrected chi connectivity index (χ4v) is 2.10. The Kier molecular flexibility index (Phi) is 2.22. The van der Waals surface area contributed by atoms with Crippen molar-refractivity contribution in [3.63, 3.8) is 0 Å². The van der Waals surface area contributed by atoms with Gasteiger partial charge in [-0.2, -0.15) is 0 Å². The van der Waals surface area contributed by atoms with Gasteiger partial charge in [0, 0.05) is 5.39 Å². The van der Waals surface area contributed by atoms with Crippen LogP contribution in [0.25, 0.3) is 21.9 Å². The minimum Gasteiger partial charge on any atom is -0.449 e. The maximum Gasteiger partial charge on any atom is 0.420 e. The number of imidazole rings is 1. The normalized spacial score (nSPS) is 11.2. The summed E-state index contributed by atoms with van der Waals surface area (Å²) >= 11 is 0. The van der Waals surface area contributed by atoms with Crippen LogP contribution in [0, 0.1) is 0 Å². The maximum absolute atomic E-state index is 11.8. The molecule has 2 aromatic heterocycles. The van der Waals surface area contributed by atoms with Crippen molar-refractivity contribution in [1.82, 2.24) is 14.5 Å². The van der Waals surface area contributed by atoms with Gasteiger partial charge in [-0.1, -0.05) is 0 Å². The summed E-state index contributed by atoms with van der Waals surface area (Å²) in [5.41, 5.74) is 8.27. The third-order valence-corrected chi connectivity index (χ3v) is 2.85. The van der Waals surface area contributed by atoms with Crippen LogP contribution in [0.1, 0.15) is 6.92 Å². The van der Waals surface area contributed by atoms with E-state index < -0.39 is 6.09 Å². The number of benzene rings is 1. The van der Waals surface area contributed by atoms with Crippen LogP contribution < -0.4 is 5.73 Å². The number of fused-ring (bicyclic) bond motifs is 3. The van der Waals surface area contributed by atoms with E-state index in [9.17, 15) is 4.79 Å². The number of nitrogens with one attached hydrogen (secondary N) is 1. The lowest BCUT2D eigenvalue weighted by atomic mass is 10.2. The van der Waals surface area contributed by atoms with E-state index in [2.05, 4.69) is 9.97 Å². The van der Waals surface area contributed by atoms with Crippen molar-refractivity contribution < 1.29 is 9.53 Å². The summed E-state index contributed by atoms with van der Waals surface area (Å²) in [5.74, 6) is 0.346. The van der Waals surface area contributed by atoms with E-state index >= 15 is 0 Å². The molecule has 0 saturated carbocycles. The van der Waals surface area contributed by atoms with Gasteiger partial charge in [0.15, 0.2) is 0 Å². The van der Waals surface area contributed by atoms with Gasteiger partial charge in [0.25, 0.3) is 0 Å². The summed E-state index contributed by atoms with van der Waals surface area (Å²) < 4.78 is 6.34.